The van der Waals surface area contributed by atoms with Gasteiger partial charge in [-0.05, 0) is 27.2 Å². The minimum absolute atomic E-state index is 0.547. The SMILES string of the molecule is CCC(C)N(CC)c1nc(C)c(CN)s1. The Morgan fingerprint density at radius 3 is 2.53 bits per heavy atom. The van der Waals surface area contributed by atoms with E-state index in [0.717, 1.165) is 23.8 Å². The van der Waals surface area contributed by atoms with Gasteiger partial charge in [-0.1, -0.05) is 6.92 Å². The van der Waals surface area contributed by atoms with E-state index < -0.39 is 0 Å². The Labute approximate surface area is 96.3 Å². The predicted octanol–water partition coefficient (Wildman–Crippen LogP) is 2.54. The summed E-state index contributed by atoms with van der Waals surface area (Å²) in [6.45, 7) is 10.3. The number of hydrogen-bond donors (Lipinski definition) is 1. The molecule has 1 aromatic heterocycles. The van der Waals surface area contributed by atoms with Crippen LogP contribution in [0.25, 0.3) is 0 Å². The highest BCUT2D eigenvalue weighted by Gasteiger charge is 2.16. The average molecular weight is 227 g/mol. The standard InChI is InChI=1S/C11H21N3S/c1-5-8(3)14(6-2)11-13-9(4)10(7-12)15-11/h8H,5-7,12H2,1-4H3. The van der Waals surface area contributed by atoms with Crippen LogP contribution >= 0.6 is 11.3 Å². The lowest BCUT2D eigenvalue weighted by Gasteiger charge is -2.26. The van der Waals surface area contributed by atoms with E-state index in [1.54, 1.807) is 11.3 Å². The van der Waals surface area contributed by atoms with Crippen molar-refractivity contribution in [1.29, 1.82) is 0 Å². The molecule has 0 aliphatic heterocycles. The van der Waals surface area contributed by atoms with Crippen molar-refractivity contribution in [3.05, 3.63) is 10.6 Å². The minimum Gasteiger partial charge on any atom is -0.346 e. The van der Waals surface area contributed by atoms with E-state index in [1.165, 1.54) is 4.88 Å². The number of hydrogen-bond acceptors (Lipinski definition) is 4. The van der Waals surface area contributed by atoms with Crippen LogP contribution in [-0.4, -0.2) is 17.6 Å². The number of anilines is 1. The molecule has 0 radical (unpaired) electrons. The fourth-order valence-corrected chi connectivity index (χ4v) is 2.69. The topological polar surface area (TPSA) is 42.2 Å². The van der Waals surface area contributed by atoms with Gasteiger partial charge in [0.25, 0.3) is 0 Å². The first-order chi connectivity index (χ1) is 7.13. The lowest BCUT2D eigenvalue weighted by molar-refractivity contribution is 0.628. The van der Waals surface area contributed by atoms with Gasteiger partial charge in [0.2, 0.25) is 0 Å². The lowest BCUT2D eigenvalue weighted by Crippen LogP contribution is -2.32. The molecule has 0 aliphatic carbocycles. The second-order valence-corrected chi connectivity index (χ2v) is 4.81. The van der Waals surface area contributed by atoms with E-state index >= 15 is 0 Å². The third-order valence-electron chi connectivity index (χ3n) is 2.78. The zero-order chi connectivity index (χ0) is 11.4. The summed E-state index contributed by atoms with van der Waals surface area (Å²) in [5.41, 5.74) is 6.75. The Bertz CT molecular complexity index is 309. The second-order valence-electron chi connectivity index (χ2n) is 3.75. The van der Waals surface area contributed by atoms with Crippen LogP contribution in [0.5, 0.6) is 0 Å². The lowest BCUT2D eigenvalue weighted by atomic mass is 10.2. The van der Waals surface area contributed by atoms with Crippen LogP contribution in [0.1, 0.15) is 37.8 Å². The molecular weight excluding hydrogens is 206 g/mol. The quantitative estimate of drug-likeness (QED) is 0.840. The Balaban J connectivity index is 2.92. The molecule has 1 rings (SSSR count). The van der Waals surface area contributed by atoms with E-state index in [1.807, 2.05) is 6.92 Å². The molecule has 0 saturated carbocycles. The van der Waals surface area contributed by atoms with Crippen LogP contribution in [-0.2, 0) is 6.54 Å². The molecule has 3 nitrogen and oxygen atoms in total. The molecule has 1 atom stereocenters. The molecule has 4 heteroatoms. The summed E-state index contributed by atoms with van der Waals surface area (Å²) in [6.07, 6.45) is 1.14. The van der Waals surface area contributed by atoms with E-state index in [4.69, 9.17) is 5.73 Å². The average Bonchev–Trinajstić information content (AvgIpc) is 2.60. The van der Waals surface area contributed by atoms with Crippen molar-refractivity contribution >= 4 is 16.5 Å². The van der Waals surface area contributed by atoms with Gasteiger partial charge in [-0.25, -0.2) is 4.98 Å². The first-order valence-corrected chi connectivity index (χ1v) is 6.38. The molecule has 0 aliphatic rings. The largest absolute Gasteiger partial charge is 0.346 e. The van der Waals surface area contributed by atoms with Crippen molar-refractivity contribution in [1.82, 2.24) is 4.98 Å². The number of rotatable bonds is 5. The van der Waals surface area contributed by atoms with Gasteiger partial charge in [0.1, 0.15) is 0 Å². The highest BCUT2D eigenvalue weighted by molar-refractivity contribution is 7.15. The van der Waals surface area contributed by atoms with Crippen LogP contribution < -0.4 is 10.6 Å². The fraction of sp³-hybridized carbons (Fsp3) is 0.727. The molecule has 0 fully saturated rings. The van der Waals surface area contributed by atoms with Gasteiger partial charge in [0, 0.05) is 24.0 Å². The molecule has 1 aromatic rings. The van der Waals surface area contributed by atoms with E-state index in [-0.39, 0.29) is 0 Å². The number of aryl methyl sites for hydroxylation is 1. The Morgan fingerprint density at radius 1 is 1.47 bits per heavy atom. The van der Waals surface area contributed by atoms with Crippen molar-refractivity contribution in [2.45, 2.75) is 46.7 Å². The molecule has 0 bridgehead atoms. The number of aromatic nitrogens is 1. The molecule has 2 N–H and O–H groups in total. The van der Waals surface area contributed by atoms with Crippen molar-refractivity contribution in [2.75, 3.05) is 11.4 Å². The van der Waals surface area contributed by atoms with Gasteiger partial charge in [0.05, 0.1) is 5.69 Å². The van der Waals surface area contributed by atoms with Crippen molar-refractivity contribution in [3.63, 3.8) is 0 Å². The van der Waals surface area contributed by atoms with Gasteiger partial charge in [-0.15, -0.1) is 11.3 Å². The van der Waals surface area contributed by atoms with Crippen LogP contribution in [0.2, 0.25) is 0 Å². The van der Waals surface area contributed by atoms with Crippen molar-refractivity contribution < 1.29 is 0 Å². The Hall–Kier alpha value is -0.610. The van der Waals surface area contributed by atoms with Gasteiger partial charge in [-0.2, -0.15) is 0 Å². The molecule has 15 heavy (non-hydrogen) atoms. The van der Waals surface area contributed by atoms with Gasteiger partial charge in [0.15, 0.2) is 5.13 Å². The maximum atomic E-state index is 5.67. The third-order valence-corrected chi connectivity index (χ3v) is 3.99. The molecule has 0 amide bonds. The fourth-order valence-electron chi connectivity index (χ4n) is 1.58. The van der Waals surface area contributed by atoms with Crippen LogP contribution in [0, 0.1) is 6.92 Å². The molecule has 0 spiro atoms. The van der Waals surface area contributed by atoms with E-state index in [9.17, 15) is 0 Å². The highest BCUT2D eigenvalue weighted by Crippen LogP contribution is 2.27. The van der Waals surface area contributed by atoms with Crippen molar-refractivity contribution in [3.8, 4) is 0 Å². The van der Waals surface area contributed by atoms with Gasteiger partial charge in [-0.3, -0.25) is 0 Å². The summed E-state index contributed by atoms with van der Waals surface area (Å²) < 4.78 is 0. The molecule has 0 aromatic carbocycles. The van der Waals surface area contributed by atoms with Gasteiger partial charge >= 0.3 is 0 Å². The van der Waals surface area contributed by atoms with Crippen LogP contribution in [0.15, 0.2) is 0 Å². The third kappa shape index (κ3) is 2.69. The highest BCUT2D eigenvalue weighted by atomic mass is 32.1. The monoisotopic (exact) mass is 227 g/mol. The molecule has 0 saturated heterocycles. The Kier molecular flexibility index (Phi) is 4.54. The smallest absolute Gasteiger partial charge is 0.186 e. The molecule has 86 valence electrons. The molecule has 1 unspecified atom stereocenters. The number of nitrogens with two attached hydrogens (primary N) is 1. The first-order valence-electron chi connectivity index (χ1n) is 5.57. The van der Waals surface area contributed by atoms with E-state index in [0.29, 0.717) is 12.6 Å². The van der Waals surface area contributed by atoms with Crippen LogP contribution in [0.4, 0.5) is 5.13 Å². The summed E-state index contributed by atoms with van der Waals surface area (Å²) in [6, 6.07) is 0.547. The summed E-state index contributed by atoms with van der Waals surface area (Å²) in [5.74, 6) is 0. The zero-order valence-electron chi connectivity index (χ0n) is 10.1. The van der Waals surface area contributed by atoms with Gasteiger partial charge < -0.3 is 10.6 Å². The predicted molar refractivity (Wildman–Crippen MR) is 67.5 cm³/mol. The number of nitrogens with zero attached hydrogens (tertiary/aromatic N) is 2. The minimum atomic E-state index is 0.547. The summed E-state index contributed by atoms with van der Waals surface area (Å²) in [5, 5.41) is 1.12. The Morgan fingerprint density at radius 2 is 2.13 bits per heavy atom. The zero-order valence-corrected chi connectivity index (χ0v) is 10.9. The normalized spacial score (nSPS) is 12.9. The van der Waals surface area contributed by atoms with Crippen molar-refractivity contribution in [2.24, 2.45) is 5.73 Å². The van der Waals surface area contributed by atoms with E-state index in [2.05, 4.69) is 30.7 Å². The maximum Gasteiger partial charge on any atom is 0.186 e. The first kappa shape index (κ1) is 12.5. The summed E-state index contributed by atoms with van der Waals surface area (Å²) >= 11 is 1.73. The molecule has 1 heterocycles. The molecular formula is C11H21N3S. The van der Waals surface area contributed by atoms with Crippen LogP contribution in [0.3, 0.4) is 0 Å². The summed E-state index contributed by atoms with van der Waals surface area (Å²) in [7, 11) is 0. The second kappa shape index (κ2) is 5.47. The summed E-state index contributed by atoms with van der Waals surface area (Å²) in [4.78, 5) is 8.13. The number of thiazole rings is 1. The maximum absolute atomic E-state index is 5.67.